The smallest absolute Gasteiger partial charge is 0.108 e. The summed E-state index contributed by atoms with van der Waals surface area (Å²) in [5.74, 6) is 1.15. The van der Waals surface area contributed by atoms with Crippen LogP contribution in [0, 0.1) is 0 Å². The molecule has 0 saturated carbocycles. The van der Waals surface area contributed by atoms with Gasteiger partial charge in [-0.1, -0.05) is 6.92 Å². The number of rotatable bonds is 8. The van der Waals surface area contributed by atoms with Gasteiger partial charge in [0.25, 0.3) is 0 Å². The van der Waals surface area contributed by atoms with Crippen LogP contribution in [0.5, 0.6) is 0 Å². The molecule has 0 aliphatic rings. The van der Waals surface area contributed by atoms with E-state index < -0.39 is 0 Å². The minimum atomic E-state index is 0.658. The molecule has 15 heavy (non-hydrogen) atoms. The van der Waals surface area contributed by atoms with Crippen molar-refractivity contribution in [2.45, 2.75) is 26.3 Å². The van der Waals surface area contributed by atoms with E-state index in [0.717, 1.165) is 31.8 Å². The van der Waals surface area contributed by atoms with Gasteiger partial charge in [-0.3, -0.25) is 0 Å². The average Bonchev–Trinajstić information content (AvgIpc) is 2.66. The van der Waals surface area contributed by atoms with Crippen molar-refractivity contribution in [2.75, 3.05) is 26.9 Å². The molecule has 0 unspecified atom stereocenters. The third kappa shape index (κ3) is 4.44. The lowest BCUT2D eigenvalue weighted by Crippen LogP contribution is -2.11. The fourth-order valence-electron chi connectivity index (χ4n) is 1.40. The molecule has 0 N–H and O–H groups in total. The average molecular weight is 212 g/mol. The highest BCUT2D eigenvalue weighted by Crippen LogP contribution is 2.00. The third-order valence-electron chi connectivity index (χ3n) is 2.18. The zero-order valence-electron chi connectivity index (χ0n) is 9.61. The molecular formula is C11H20N2O2. The van der Waals surface area contributed by atoms with Crippen LogP contribution >= 0.6 is 0 Å². The van der Waals surface area contributed by atoms with E-state index in [2.05, 4.69) is 16.5 Å². The molecule has 86 valence electrons. The van der Waals surface area contributed by atoms with Gasteiger partial charge >= 0.3 is 0 Å². The predicted molar refractivity (Wildman–Crippen MR) is 58.9 cm³/mol. The Morgan fingerprint density at radius 1 is 1.33 bits per heavy atom. The predicted octanol–water partition coefficient (Wildman–Crippen LogP) is 1.50. The molecule has 0 aliphatic heterocycles. The van der Waals surface area contributed by atoms with Gasteiger partial charge in [-0.05, 0) is 6.42 Å². The van der Waals surface area contributed by atoms with Gasteiger partial charge < -0.3 is 14.0 Å². The number of methoxy groups -OCH3 is 1. The fourth-order valence-corrected chi connectivity index (χ4v) is 1.40. The van der Waals surface area contributed by atoms with Crippen molar-refractivity contribution >= 4 is 0 Å². The van der Waals surface area contributed by atoms with E-state index in [1.165, 1.54) is 0 Å². The Kier molecular flexibility index (Phi) is 6.04. The molecule has 1 aromatic rings. The van der Waals surface area contributed by atoms with Crippen molar-refractivity contribution in [3.05, 3.63) is 18.2 Å². The largest absolute Gasteiger partial charge is 0.382 e. The SMILES string of the molecule is CCCc1nccn1CCOCCOC. The number of imidazole rings is 1. The molecule has 0 bridgehead atoms. The van der Waals surface area contributed by atoms with Gasteiger partial charge in [-0.2, -0.15) is 0 Å². The van der Waals surface area contributed by atoms with Gasteiger partial charge in [-0.15, -0.1) is 0 Å². The molecule has 1 rings (SSSR count). The van der Waals surface area contributed by atoms with Crippen molar-refractivity contribution in [2.24, 2.45) is 0 Å². The zero-order chi connectivity index (χ0) is 10.9. The first-order valence-corrected chi connectivity index (χ1v) is 5.45. The second-order valence-electron chi connectivity index (χ2n) is 3.39. The molecule has 0 aromatic carbocycles. The number of hydrogen-bond acceptors (Lipinski definition) is 3. The van der Waals surface area contributed by atoms with E-state index >= 15 is 0 Å². The molecule has 0 fully saturated rings. The quantitative estimate of drug-likeness (QED) is 0.613. The van der Waals surface area contributed by atoms with Gasteiger partial charge in [0.2, 0.25) is 0 Å². The van der Waals surface area contributed by atoms with Crippen LogP contribution in [-0.2, 0) is 22.4 Å². The molecule has 0 aliphatic carbocycles. The van der Waals surface area contributed by atoms with Crippen LogP contribution in [0.1, 0.15) is 19.2 Å². The van der Waals surface area contributed by atoms with Crippen LogP contribution in [0.2, 0.25) is 0 Å². The van der Waals surface area contributed by atoms with E-state index in [1.807, 2.05) is 12.4 Å². The lowest BCUT2D eigenvalue weighted by Gasteiger charge is -2.07. The monoisotopic (exact) mass is 212 g/mol. The number of nitrogens with zero attached hydrogens (tertiary/aromatic N) is 2. The van der Waals surface area contributed by atoms with Crippen LogP contribution in [0.3, 0.4) is 0 Å². The molecule has 0 saturated heterocycles. The summed E-state index contributed by atoms with van der Waals surface area (Å²) in [6.07, 6.45) is 6.01. The lowest BCUT2D eigenvalue weighted by molar-refractivity contribution is 0.0663. The van der Waals surface area contributed by atoms with E-state index in [4.69, 9.17) is 9.47 Å². The van der Waals surface area contributed by atoms with E-state index in [9.17, 15) is 0 Å². The summed E-state index contributed by atoms with van der Waals surface area (Å²) in [6.45, 7) is 5.07. The highest BCUT2D eigenvalue weighted by Gasteiger charge is 2.00. The van der Waals surface area contributed by atoms with Gasteiger partial charge in [0.1, 0.15) is 5.82 Å². The molecule has 0 atom stereocenters. The maximum absolute atomic E-state index is 5.41. The maximum Gasteiger partial charge on any atom is 0.108 e. The molecule has 0 radical (unpaired) electrons. The van der Waals surface area contributed by atoms with E-state index in [-0.39, 0.29) is 0 Å². The van der Waals surface area contributed by atoms with Crippen molar-refractivity contribution in [1.29, 1.82) is 0 Å². The topological polar surface area (TPSA) is 36.3 Å². The maximum atomic E-state index is 5.41. The van der Waals surface area contributed by atoms with Crippen molar-refractivity contribution in [3.8, 4) is 0 Å². The number of hydrogen-bond donors (Lipinski definition) is 0. The van der Waals surface area contributed by atoms with Gasteiger partial charge in [0.15, 0.2) is 0 Å². The van der Waals surface area contributed by atoms with Crippen molar-refractivity contribution in [3.63, 3.8) is 0 Å². The normalized spacial score (nSPS) is 10.8. The van der Waals surface area contributed by atoms with Gasteiger partial charge in [0.05, 0.1) is 19.8 Å². The van der Waals surface area contributed by atoms with Crippen LogP contribution in [0.15, 0.2) is 12.4 Å². The standard InChI is InChI=1S/C11H20N2O2/c1-3-4-11-12-5-6-13(11)7-8-15-10-9-14-2/h5-6H,3-4,7-10H2,1-2H3. The summed E-state index contributed by atoms with van der Waals surface area (Å²) >= 11 is 0. The van der Waals surface area contributed by atoms with Crippen LogP contribution < -0.4 is 0 Å². The van der Waals surface area contributed by atoms with E-state index in [0.29, 0.717) is 13.2 Å². The highest BCUT2D eigenvalue weighted by molar-refractivity contribution is 4.92. The summed E-state index contributed by atoms with van der Waals surface area (Å²) in [6, 6.07) is 0. The number of aryl methyl sites for hydroxylation is 1. The molecule has 1 heterocycles. The Labute approximate surface area is 91.2 Å². The summed E-state index contributed by atoms with van der Waals surface area (Å²) in [4.78, 5) is 4.30. The number of ether oxygens (including phenoxy) is 2. The van der Waals surface area contributed by atoms with Crippen molar-refractivity contribution in [1.82, 2.24) is 9.55 Å². The molecule has 4 nitrogen and oxygen atoms in total. The van der Waals surface area contributed by atoms with Crippen LogP contribution in [-0.4, -0.2) is 36.5 Å². The highest BCUT2D eigenvalue weighted by atomic mass is 16.5. The van der Waals surface area contributed by atoms with Crippen LogP contribution in [0.25, 0.3) is 0 Å². The third-order valence-corrected chi connectivity index (χ3v) is 2.18. The Hall–Kier alpha value is -0.870. The van der Waals surface area contributed by atoms with E-state index in [1.54, 1.807) is 7.11 Å². The van der Waals surface area contributed by atoms with Gasteiger partial charge in [0, 0.05) is 32.5 Å². The number of aromatic nitrogens is 2. The lowest BCUT2D eigenvalue weighted by atomic mass is 10.3. The van der Waals surface area contributed by atoms with Crippen LogP contribution in [0.4, 0.5) is 0 Å². The molecule has 0 spiro atoms. The Morgan fingerprint density at radius 3 is 2.93 bits per heavy atom. The first-order valence-electron chi connectivity index (χ1n) is 5.45. The summed E-state index contributed by atoms with van der Waals surface area (Å²) in [7, 11) is 1.68. The Balaban J connectivity index is 2.21. The summed E-state index contributed by atoms with van der Waals surface area (Å²) in [5.41, 5.74) is 0. The molecular weight excluding hydrogens is 192 g/mol. The Morgan fingerprint density at radius 2 is 2.20 bits per heavy atom. The summed E-state index contributed by atoms with van der Waals surface area (Å²) < 4.78 is 12.5. The van der Waals surface area contributed by atoms with Crippen molar-refractivity contribution < 1.29 is 9.47 Å². The first-order chi connectivity index (χ1) is 7.38. The molecule has 1 aromatic heterocycles. The zero-order valence-corrected chi connectivity index (χ0v) is 9.61. The molecule has 0 amide bonds. The second-order valence-corrected chi connectivity index (χ2v) is 3.39. The Bertz CT molecular complexity index is 261. The summed E-state index contributed by atoms with van der Waals surface area (Å²) in [5, 5.41) is 0. The fraction of sp³-hybridized carbons (Fsp3) is 0.727. The molecule has 4 heteroatoms. The minimum Gasteiger partial charge on any atom is -0.382 e. The second kappa shape index (κ2) is 7.43. The first kappa shape index (κ1) is 12.2. The van der Waals surface area contributed by atoms with Gasteiger partial charge in [-0.25, -0.2) is 4.98 Å². The minimum absolute atomic E-state index is 0.658.